The van der Waals surface area contributed by atoms with Gasteiger partial charge in [-0.1, -0.05) is 39.7 Å². The largest absolute Gasteiger partial charge is 0.326 e. The molecule has 1 aliphatic rings. The lowest BCUT2D eigenvalue weighted by Gasteiger charge is -2.30. The molecule has 0 aromatic heterocycles. The molecule has 134 valence electrons. The molecule has 5 nitrogen and oxygen atoms in total. The zero-order valence-corrected chi connectivity index (χ0v) is 15.9. The van der Waals surface area contributed by atoms with Crippen LogP contribution in [-0.4, -0.2) is 10.8 Å². The highest BCUT2D eigenvalue weighted by molar-refractivity contribution is 9.10. The molecule has 26 heavy (non-hydrogen) atoms. The number of carbonyl (C=O) groups is 1. The molecule has 1 amide bonds. The van der Waals surface area contributed by atoms with Gasteiger partial charge >= 0.3 is 0 Å². The third kappa shape index (κ3) is 4.19. The average molecular weight is 415 g/mol. The van der Waals surface area contributed by atoms with Gasteiger partial charge in [-0.3, -0.25) is 14.9 Å². The molecule has 2 atom stereocenters. The van der Waals surface area contributed by atoms with Crippen LogP contribution in [0.1, 0.15) is 31.2 Å². The van der Waals surface area contributed by atoms with Crippen molar-refractivity contribution in [3.63, 3.8) is 0 Å². The number of amides is 1. The first kappa shape index (κ1) is 18.3. The van der Waals surface area contributed by atoms with E-state index in [0.29, 0.717) is 6.42 Å². The Bertz CT molecular complexity index is 844. The Balaban J connectivity index is 1.82. The number of nitrogens with one attached hydrogen (secondary N) is 1. The third-order valence-corrected chi connectivity index (χ3v) is 5.26. The van der Waals surface area contributed by atoms with Gasteiger partial charge in [0.25, 0.3) is 5.69 Å². The molecule has 0 aliphatic heterocycles. The average Bonchev–Trinajstić information content (AvgIpc) is 2.63. The second-order valence-corrected chi connectivity index (χ2v) is 7.46. The number of carbonyl (C=O) groups excluding carboxylic acids is 1. The first-order chi connectivity index (χ1) is 12.4. The molecule has 0 bridgehead atoms. The van der Waals surface area contributed by atoms with E-state index in [1.807, 2.05) is 24.3 Å². The van der Waals surface area contributed by atoms with E-state index in [2.05, 4.69) is 34.2 Å². The maximum Gasteiger partial charge on any atom is 0.269 e. The molecule has 0 saturated heterocycles. The maximum absolute atomic E-state index is 12.9. The molecule has 0 heterocycles. The summed E-state index contributed by atoms with van der Waals surface area (Å²) in [4.78, 5) is 23.3. The van der Waals surface area contributed by atoms with Gasteiger partial charge in [-0.25, -0.2) is 0 Å². The number of halogens is 1. The summed E-state index contributed by atoms with van der Waals surface area (Å²) in [6.45, 7) is 2.06. The maximum atomic E-state index is 12.9. The predicted molar refractivity (Wildman–Crippen MR) is 105 cm³/mol. The van der Waals surface area contributed by atoms with Gasteiger partial charge in [-0.15, -0.1) is 0 Å². The highest BCUT2D eigenvalue weighted by atomic mass is 79.9. The fourth-order valence-corrected chi connectivity index (χ4v) is 3.58. The predicted octanol–water partition coefficient (Wildman–Crippen LogP) is 5.44. The van der Waals surface area contributed by atoms with E-state index < -0.39 is 4.92 Å². The number of rotatable bonds is 4. The Kier molecular flexibility index (Phi) is 5.52. The van der Waals surface area contributed by atoms with Crippen LogP contribution in [0, 0.1) is 16.0 Å². The van der Waals surface area contributed by atoms with Gasteiger partial charge in [0.05, 0.1) is 4.92 Å². The smallest absolute Gasteiger partial charge is 0.269 e. The second kappa shape index (κ2) is 7.83. The summed E-state index contributed by atoms with van der Waals surface area (Å²) in [5, 5.41) is 13.9. The van der Waals surface area contributed by atoms with Gasteiger partial charge in [0.15, 0.2) is 0 Å². The van der Waals surface area contributed by atoms with Gasteiger partial charge in [0.2, 0.25) is 5.91 Å². The van der Waals surface area contributed by atoms with Crippen molar-refractivity contribution in [1.29, 1.82) is 0 Å². The highest BCUT2D eigenvalue weighted by Gasteiger charge is 2.32. The number of benzene rings is 2. The van der Waals surface area contributed by atoms with E-state index in [1.54, 1.807) is 12.1 Å². The molecule has 1 N–H and O–H groups in total. The Hall–Kier alpha value is -2.47. The van der Waals surface area contributed by atoms with E-state index in [9.17, 15) is 14.9 Å². The van der Waals surface area contributed by atoms with Crippen molar-refractivity contribution in [2.45, 2.75) is 25.7 Å². The number of nitrogens with zero attached hydrogens (tertiary/aromatic N) is 1. The van der Waals surface area contributed by atoms with Gasteiger partial charge in [0.1, 0.15) is 0 Å². The first-order valence-corrected chi connectivity index (χ1v) is 9.20. The van der Waals surface area contributed by atoms with E-state index in [0.717, 1.165) is 22.1 Å². The molecule has 3 rings (SSSR count). The van der Waals surface area contributed by atoms with Crippen LogP contribution < -0.4 is 5.32 Å². The SMILES string of the molecule is CC1=CC[C@@H](C(=O)Nc2ccc(Br)cc2)[C@@H](c2ccc([N+](=O)[O-])cc2)C1. The van der Waals surface area contributed by atoms with Crippen LogP contribution in [0.25, 0.3) is 0 Å². The molecule has 0 fully saturated rings. The first-order valence-electron chi connectivity index (χ1n) is 8.40. The fourth-order valence-electron chi connectivity index (χ4n) is 3.32. The van der Waals surface area contributed by atoms with Crippen molar-refractivity contribution in [1.82, 2.24) is 0 Å². The van der Waals surface area contributed by atoms with Crippen molar-refractivity contribution < 1.29 is 9.72 Å². The van der Waals surface area contributed by atoms with E-state index >= 15 is 0 Å². The summed E-state index contributed by atoms with van der Waals surface area (Å²) in [6.07, 6.45) is 3.54. The third-order valence-electron chi connectivity index (χ3n) is 4.73. The van der Waals surface area contributed by atoms with Crippen LogP contribution in [0.3, 0.4) is 0 Å². The summed E-state index contributed by atoms with van der Waals surface area (Å²) in [5.41, 5.74) is 3.01. The molecule has 2 aromatic carbocycles. The number of hydrogen-bond acceptors (Lipinski definition) is 3. The lowest BCUT2D eigenvalue weighted by atomic mass is 9.75. The molecular formula is C20H19BrN2O3. The molecule has 0 unspecified atom stereocenters. The highest BCUT2D eigenvalue weighted by Crippen LogP contribution is 2.38. The van der Waals surface area contributed by atoms with Crippen LogP contribution >= 0.6 is 15.9 Å². The quantitative estimate of drug-likeness (QED) is 0.411. The van der Waals surface area contributed by atoms with Crippen molar-refractivity contribution >= 4 is 33.2 Å². The van der Waals surface area contributed by atoms with Crippen molar-refractivity contribution in [3.8, 4) is 0 Å². The van der Waals surface area contributed by atoms with Gasteiger partial charge < -0.3 is 5.32 Å². The zero-order valence-electron chi connectivity index (χ0n) is 14.3. The number of anilines is 1. The van der Waals surface area contributed by atoms with Crippen LogP contribution in [0.5, 0.6) is 0 Å². The number of nitro benzene ring substituents is 1. The topological polar surface area (TPSA) is 72.2 Å². The van der Waals surface area contributed by atoms with Crippen LogP contribution in [0.4, 0.5) is 11.4 Å². The fraction of sp³-hybridized carbons (Fsp3) is 0.250. The molecule has 2 aromatic rings. The van der Waals surface area contributed by atoms with Crippen LogP contribution in [0.15, 0.2) is 64.7 Å². The monoisotopic (exact) mass is 414 g/mol. The van der Waals surface area contributed by atoms with Crippen molar-refractivity contribution in [2.24, 2.45) is 5.92 Å². The van der Waals surface area contributed by atoms with Gasteiger partial charge in [0, 0.05) is 28.2 Å². The van der Waals surface area contributed by atoms with Crippen LogP contribution in [-0.2, 0) is 4.79 Å². The summed E-state index contributed by atoms with van der Waals surface area (Å²) < 4.78 is 0.954. The summed E-state index contributed by atoms with van der Waals surface area (Å²) in [7, 11) is 0. The Morgan fingerprint density at radius 2 is 1.81 bits per heavy atom. The summed E-state index contributed by atoms with van der Waals surface area (Å²) in [6, 6.07) is 14.0. The van der Waals surface area contributed by atoms with Crippen molar-refractivity contribution in [2.75, 3.05) is 5.32 Å². The standard InChI is InChI=1S/C20H19BrN2O3/c1-13-2-11-18(20(24)22-16-7-5-15(21)6-8-16)19(12-13)14-3-9-17(10-4-14)23(25)26/h2-10,18-19H,11-12H2,1H3,(H,22,24)/t18-,19-/m1/s1. The zero-order chi connectivity index (χ0) is 18.7. The van der Waals surface area contributed by atoms with Crippen molar-refractivity contribution in [3.05, 3.63) is 80.3 Å². The minimum atomic E-state index is -0.409. The molecule has 0 saturated carbocycles. The molecular weight excluding hydrogens is 396 g/mol. The van der Waals surface area contributed by atoms with Crippen LogP contribution in [0.2, 0.25) is 0 Å². The second-order valence-electron chi connectivity index (χ2n) is 6.55. The number of allylic oxidation sites excluding steroid dienone is 2. The van der Waals surface area contributed by atoms with E-state index in [1.165, 1.54) is 17.7 Å². The molecule has 0 spiro atoms. The molecule has 0 radical (unpaired) electrons. The summed E-state index contributed by atoms with van der Waals surface area (Å²) >= 11 is 3.38. The minimum absolute atomic E-state index is 0.0104. The summed E-state index contributed by atoms with van der Waals surface area (Å²) in [5.74, 6) is -0.223. The van der Waals surface area contributed by atoms with E-state index in [-0.39, 0.29) is 23.4 Å². The number of non-ortho nitro benzene ring substituents is 1. The molecule has 6 heteroatoms. The Morgan fingerprint density at radius 1 is 1.15 bits per heavy atom. The lowest BCUT2D eigenvalue weighted by molar-refractivity contribution is -0.384. The normalized spacial score (nSPS) is 19.5. The van der Waals surface area contributed by atoms with E-state index in [4.69, 9.17) is 0 Å². The number of hydrogen-bond donors (Lipinski definition) is 1. The molecule has 1 aliphatic carbocycles. The van der Waals surface area contributed by atoms with Gasteiger partial charge in [-0.05, 0) is 55.5 Å². The Morgan fingerprint density at radius 3 is 2.42 bits per heavy atom. The minimum Gasteiger partial charge on any atom is -0.326 e. The van der Waals surface area contributed by atoms with Gasteiger partial charge in [-0.2, -0.15) is 0 Å². The number of nitro groups is 1. The lowest BCUT2D eigenvalue weighted by Crippen LogP contribution is -2.30. The Labute approximate surface area is 160 Å².